The Morgan fingerprint density at radius 3 is 2.40 bits per heavy atom. The topological polar surface area (TPSA) is 0 Å². The molecule has 0 bridgehead atoms. The van der Waals surface area contributed by atoms with E-state index in [1.165, 1.54) is 68.2 Å². The minimum atomic E-state index is 0.611. The van der Waals surface area contributed by atoms with Crippen LogP contribution in [0.15, 0.2) is 29.2 Å². The molecule has 0 aliphatic heterocycles. The molecule has 10 atom stereocenters. The van der Waals surface area contributed by atoms with Gasteiger partial charge in [0.05, 0.1) is 0 Å². The van der Waals surface area contributed by atoms with Crippen LogP contribution in [0.5, 0.6) is 0 Å². The summed E-state index contributed by atoms with van der Waals surface area (Å²) >= 11 is 2.30. The Bertz CT molecular complexity index is 917. The molecule has 0 N–H and O–H groups in total. The van der Waals surface area contributed by atoms with Crippen molar-refractivity contribution in [2.75, 3.05) is 0 Å². The fraction of sp³-hybridized carbons (Fsp3) is 0.824. The van der Waals surface area contributed by atoms with Crippen LogP contribution in [0, 0.1) is 64.6 Å². The van der Waals surface area contributed by atoms with Crippen molar-refractivity contribution in [1.29, 1.82) is 0 Å². The van der Waals surface area contributed by atoms with E-state index in [0.717, 1.165) is 46.7 Å². The van der Waals surface area contributed by atoms with Gasteiger partial charge in [0, 0.05) is 10.1 Å². The van der Waals surface area contributed by atoms with E-state index in [1.807, 2.05) is 0 Å². The molecule has 0 radical (unpaired) electrons. The highest BCUT2D eigenvalue weighted by molar-refractivity contribution is 8.00. The van der Waals surface area contributed by atoms with Gasteiger partial charge in [0.25, 0.3) is 0 Å². The Kier molecular flexibility index (Phi) is 6.26. The molecule has 0 aromatic heterocycles. The molecule has 0 nitrogen and oxygen atoms in total. The number of thioether (sulfide) groups is 1. The monoisotopic (exact) mass is 492 g/mol. The van der Waals surface area contributed by atoms with Gasteiger partial charge in [-0.1, -0.05) is 71.6 Å². The summed E-state index contributed by atoms with van der Waals surface area (Å²) in [5.41, 5.74) is 3.29. The van der Waals surface area contributed by atoms with Crippen LogP contribution in [-0.4, -0.2) is 5.25 Å². The molecule has 35 heavy (non-hydrogen) atoms. The van der Waals surface area contributed by atoms with Crippen LogP contribution in [0.2, 0.25) is 0 Å². The highest BCUT2D eigenvalue weighted by Gasteiger charge is 2.77. The number of benzene rings is 1. The van der Waals surface area contributed by atoms with Crippen molar-refractivity contribution >= 4 is 11.8 Å². The zero-order valence-electron chi connectivity index (χ0n) is 23.6. The summed E-state index contributed by atoms with van der Waals surface area (Å²) in [7, 11) is 0. The fourth-order valence-corrected chi connectivity index (χ4v) is 12.9. The summed E-state index contributed by atoms with van der Waals surface area (Å²) in [6, 6.07) is 9.51. The molecule has 1 aromatic carbocycles. The van der Waals surface area contributed by atoms with E-state index in [0.29, 0.717) is 16.2 Å². The maximum Gasteiger partial charge on any atom is 0.0162 e. The van der Waals surface area contributed by atoms with Crippen LogP contribution in [0.4, 0.5) is 0 Å². The summed E-state index contributed by atoms with van der Waals surface area (Å²) in [6.07, 6.45) is 16.6. The third-order valence-electron chi connectivity index (χ3n) is 13.0. The lowest BCUT2D eigenvalue weighted by Gasteiger charge is -2.61. The van der Waals surface area contributed by atoms with E-state index in [2.05, 4.69) is 77.6 Å². The Morgan fingerprint density at radius 2 is 1.69 bits per heavy atom. The van der Waals surface area contributed by atoms with Gasteiger partial charge in [-0.15, -0.1) is 11.8 Å². The van der Waals surface area contributed by atoms with Crippen molar-refractivity contribution < 1.29 is 0 Å². The van der Waals surface area contributed by atoms with Gasteiger partial charge >= 0.3 is 0 Å². The first kappa shape index (κ1) is 24.9. The lowest BCUT2D eigenvalue weighted by molar-refractivity contribution is -0.101. The van der Waals surface area contributed by atoms with E-state index in [-0.39, 0.29) is 0 Å². The second-order valence-electron chi connectivity index (χ2n) is 15.0. The number of hydrogen-bond donors (Lipinski definition) is 0. The molecule has 1 heteroatoms. The third kappa shape index (κ3) is 3.74. The van der Waals surface area contributed by atoms with Crippen LogP contribution in [0.25, 0.3) is 0 Å². The second kappa shape index (κ2) is 8.81. The second-order valence-corrected chi connectivity index (χ2v) is 16.2. The lowest BCUT2D eigenvalue weighted by atomic mass is 9.45. The Balaban J connectivity index is 1.25. The highest BCUT2D eigenvalue weighted by Crippen LogP contribution is 2.83. The normalized spacial score (nSPS) is 46.6. The molecule has 5 saturated carbocycles. The van der Waals surface area contributed by atoms with Crippen LogP contribution in [0.1, 0.15) is 111 Å². The van der Waals surface area contributed by atoms with E-state index < -0.39 is 0 Å². The van der Waals surface area contributed by atoms with Crippen molar-refractivity contribution in [1.82, 2.24) is 0 Å². The standard InChI is InChI=1S/C34H52S/c1-22(2)8-7-9-24(4)28-14-15-29-27-20-31(35-26-12-10-23(3)11-13-26)34-21-25(34)16-19-33(34,6)30(27)17-18-32(28,29)5/h10-13,22,24-25,27-31H,7-9,14-21H2,1-6H3/t24-,25+,27+,28-,29+,30+,31-,32-,33-,34-/m1/s1. The quantitative estimate of drug-likeness (QED) is 0.365. The maximum atomic E-state index is 2.79. The molecule has 194 valence electrons. The smallest absolute Gasteiger partial charge is 0.0162 e. The predicted molar refractivity (Wildman–Crippen MR) is 152 cm³/mol. The molecular weight excluding hydrogens is 440 g/mol. The van der Waals surface area contributed by atoms with Gasteiger partial charge in [-0.05, 0) is 128 Å². The van der Waals surface area contributed by atoms with Gasteiger partial charge in [0.1, 0.15) is 0 Å². The average molecular weight is 493 g/mol. The predicted octanol–water partition coefficient (Wildman–Crippen LogP) is 10.2. The van der Waals surface area contributed by atoms with E-state index >= 15 is 0 Å². The van der Waals surface area contributed by atoms with Gasteiger partial charge in [-0.3, -0.25) is 0 Å². The zero-order chi connectivity index (χ0) is 24.6. The third-order valence-corrected chi connectivity index (χ3v) is 14.5. The van der Waals surface area contributed by atoms with E-state index in [1.54, 1.807) is 12.8 Å². The lowest BCUT2D eigenvalue weighted by Crippen LogP contribution is -2.56. The first-order chi connectivity index (χ1) is 16.7. The largest absolute Gasteiger partial charge is 0.122 e. The molecule has 5 aliphatic carbocycles. The fourth-order valence-electron chi connectivity index (χ4n) is 11.2. The summed E-state index contributed by atoms with van der Waals surface area (Å²) in [4.78, 5) is 1.54. The molecule has 0 saturated heterocycles. The molecule has 6 rings (SSSR count). The van der Waals surface area contributed by atoms with Crippen LogP contribution < -0.4 is 0 Å². The molecular formula is C34H52S. The molecule has 0 unspecified atom stereocenters. The Morgan fingerprint density at radius 1 is 0.914 bits per heavy atom. The van der Waals surface area contributed by atoms with Crippen molar-refractivity contribution in [2.24, 2.45) is 57.7 Å². The minimum Gasteiger partial charge on any atom is -0.122 e. The van der Waals surface area contributed by atoms with Gasteiger partial charge < -0.3 is 0 Å². The molecule has 1 spiro atoms. The molecule has 0 amide bonds. The Hall–Kier alpha value is -0.430. The number of rotatable bonds is 7. The maximum absolute atomic E-state index is 2.79. The van der Waals surface area contributed by atoms with E-state index in [4.69, 9.17) is 0 Å². The van der Waals surface area contributed by atoms with Crippen LogP contribution >= 0.6 is 11.8 Å². The van der Waals surface area contributed by atoms with Crippen molar-refractivity contribution in [3.05, 3.63) is 29.8 Å². The van der Waals surface area contributed by atoms with Crippen molar-refractivity contribution in [2.45, 2.75) is 122 Å². The summed E-state index contributed by atoms with van der Waals surface area (Å²) < 4.78 is 0. The number of aryl methyl sites for hydroxylation is 1. The SMILES string of the molecule is Cc1ccc(S[C@@H]2C[C@H]3[C@@H]4CC[C@H]([C@H](C)CCCC(C)C)[C@@]4(C)CC[C@@H]3[C@@]3(C)CC[C@H]4C[C@@]423)cc1. The van der Waals surface area contributed by atoms with Crippen molar-refractivity contribution in [3.8, 4) is 0 Å². The first-order valence-corrected chi connectivity index (χ1v) is 16.3. The van der Waals surface area contributed by atoms with E-state index in [9.17, 15) is 0 Å². The molecule has 1 aromatic rings. The van der Waals surface area contributed by atoms with Crippen molar-refractivity contribution in [3.63, 3.8) is 0 Å². The summed E-state index contributed by atoms with van der Waals surface area (Å²) in [5, 5.41) is 0.855. The van der Waals surface area contributed by atoms with Gasteiger partial charge in [-0.25, -0.2) is 0 Å². The molecule has 0 heterocycles. The minimum absolute atomic E-state index is 0.611. The average Bonchev–Trinajstić information content (AvgIpc) is 3.33. The zero-order valence-corrected chi connectivity index (χ0v) is 24.4. The van der Waals surface area contributed by atoms with Gasteiger partial charge in [-0.2, -0.15) is 0 Å². The van der Waals surface area contributed by atoms with Gasteiger partial charge in [0.15, 0.2) is 0 Å². The van der Waals surface area contributed by atoms with Crippen LogP contribution in [0.3, 0.4) is 0 Å². The first-order valence-electron chi connectivity index (χ1n) is 15.4. The number of fused-ring (bicyclic) bond motifs is 4. The highest BCUT2D eigenvalue weighted by atomic mass is 32.2. The molecule has 5 aliphatic rings. The number of hydrogen-bond acceptors (Lipinski definition) is 1. The molecule has 5 fully saturated rings. The Labute approximate surface area is 221 Å². The summed E-state index contributed by atoms with van der Waals surface area (Å²) in [5.74, 6) is 6.79. The summed E-state index contributed by atoms with van der Waals surface area (Å²) in [6.45, 7) is 15.2. The van der Waals surface area contributed by atoms with Crippen LogP contribution in [-0.2, 0) is 0 Å². The van der Waals surface area contributed by atoms with Gasteiger partial charge in [0.2, 0.25) is 0 Å².